The molecule has 0 spiro atoms. The van der Waals surface area contributed by atoms with Gasteiger partial charge in [0, 0.05) is 16.5 Å². The Hall–Kier alpha value is -1.68. The third kappa shape index (κ3) is 2.54. The number of hydrogen-bond donors (Lipinski definition) is 2. The van der Waals surface area contributed by atoms with E-state index in [1.165, 1.54) is 6.07 Å². The summed E-state index contributed by atoms with van der Waals surface area (Å²) < 4.78 is 64.2. The minimum atomic E-state index is -4.71. The van der Waals surface area contributed by atoms with Crippen LogP contribution < -0.4 is 5.73 Å². The third-order valence-corrected chi connectivity index (χ3v) is 4.29. The zero-order valence-electron chi connectivity index (χ0n) is 9.27. The first kappa shape index (κ1) is 13.7. The van der Waals surface area contributed by atoms with Crippen molar-refractivity contribution in [1.29, 1.82) is 0 Å². The highest BCUT2D eigenvalue weighted by molar-refractivity contribution is 7.86. The maximum Gasteiger partial charge on any atom is 0.294 e. The SMILES string of the molecule is Nc1ccc(S(=O)(=O)[O-])c2ccc(S(=O)(=O)O)cc12. The van der Waals surface area contributed by atoms with Crippen molar-refractivity contribution in [3.8, 4) is 0 Å². The Bertz CT molecular complexity index is 870. The molecule has 0 bridgehead atoms. The van der Waals surface area contributed by atoms with Gasteiger partial charge in [-0.1, -0.05) is 6.07 Å². The molecule has 2 rings (SSSR count). The molecule has 0 saturated carbocycles. The van der Waals surface area contributed by atoms with E-state index in [-0.39, 0.29) is 16.5 Å². The second-order valence-electron chi connectivity index (χ2n) is 3.79. The van der Waals surface area contributed by atoms with Gasteiger partial charge in [0.15, 0.2) is 0 Å². The van der Waals surface area contributed by atoms with Gasteiger partial charge in [-0.05, 0) is 24.3 Å². The lowest BCUT2D eigenvalue weighted by molar-refractivity contribution is 0.464. The van der Waals surface area contributed by atoms with Crippen molar-refractivity contribution < 1.29 is 25.9 Å². The molecule has 0 aliphatic carbocycles. The molecule has 9 heteroatoms. The molecule has 3 N–H and O–H groups in total. The van der Waals surface area contributed by atoms with E-state index in [2.05, 4.69) is 0 Å². The normalized spacial score (nSPS) is 12.7. The molecule has 0 fully saturated rings. The van der Waals surface area contributed by atoms with Crippen LogP contribution in [0.3, 0.4) is 0 Å². The van der Waals surface area contributed by atoms with Gasteiger partial charge in [0.25, 0.3) is 10.1 Å². The van der Waals surface area contributed by atoms with Crippen molar-refractivity contribution in [2.45, 2.75) is 9.79 Å². The zero-order valence-corrected chi connectivity index (χ0v) is 10.9. The van der Waals surface area contributed by atoms with Crippen molar-refractivity contribution in [1.82, 2.24) is 0 Å². The number of anilines is 1. The van der Waals surface area contributed by atoms with E-state index in [4.69, 9.17) is 10.3 Å². The molecule has 7 nitrogen and oxygen atoms in total. The Labute approximate surface area is 109 Å². The highest BCUT2D eigenvalue weighted by Gasteiger charge is 2.14. The Kier molecular flexibility index (Phi) is 3.01. The first-order chi connectivity index (χ1) is 8.60. The number of fused-ring (bicyclic) bond motifs is 1. The molecule has 0 radical (unpaired) electrons. The molecule has 2 aromatic carbocycles. The standard InChI is InChI=1S/C10H9NO6S2/c11-9-3-4-10(19(15,16)17)7-2-1-6(5-8(7)9)18(12,13)14/h1-5H,11H2,(H,12,13,14)(H,15,16,17)/p-1. The average molecular weight is 302 g/mol. The van der Waals surface area contributed by atoms with Crippen LogP contribution in [-0.4, -0.2) is 25.9 Å². The van der Waals surface area contributed by atoms with Crippen LogP contribution in [0.1, 0.15) is 0 Å². The van der Waals surface area contributed by atoms with Gasteiger partial charge in [-0.2, -0.15) is 8.42 Å². The summed E-state index contributed by atoms with van der Waals surface area (Å²) in [5, 5.41) is 0.0643. The molecule has 2 aromatic rings. The predicted octanol–water partition coefficient (Wildman–Crippen LogP) is 0.573. The molecular weight excluding hydrogens is 294 g/mol. The van der Waals surface area contributed by atoms with Crippen LogP contribution in [0.25, 0.3) is 10.8 Å². The van der Waals surface area contributed by atoms with Gasteiger partial charge in [-0.15, -0.1) is 0 Å². The Morgan fingerprint density at radius 3 is 2.16 bits per heavy atom. The number of hydrogen-bond acceptors (Lipinski definition) is 6. The van der Waals surface area contributed by atoms with E-state index in [1.54, 1.807) is 0 Å². The number of nitrogens with two attached hydrogens (primary N) is 1. The molecular formula is C10H8NO6S2-. The fourth-order valence-corrected chi connectivity index (χ4v) is 2.89. The van der Waals surface area contributed by atoms with E-state index >= 15 is 0 Å². The summed E-state index contributed by atoms with van der Waals surface area (Å²) in [5.74, 6) is 0. The monoisotopic (exact) mass is 302 g/mol. The highest BCUT2D eigenvalue weighted by atomic mass is 32.2. The van der Waals surface area contributed by atoms with Gasteiger partial charge >= 0.3 is 0 Å². The van der Waals surface area contributed by atoms with E-state index < -0.39 is 30.0 Å². The summed E-state index contributed by atoms with van der Waals surface area (Å²) in [5.41, 5.74) is 5.70. The summed E-state index contributed by atoms with van der Waals surface area (Å²) >= 11 is 0. The fraction of sp³-hybridized carbons (Fsp3) is 0. The van der Waals surface area contributed by atoms with Crippen LogP contribution >= 0.6 is 0 Å². The molecule has 19 heavy (non-hydrogen) atoms. The van der Waals surface area contributed by atoms with Crippen molar-refractivity contribution in [3.63, 3.8) is 0 Å². The van der Waals surface area contributed by atoms with Crippen molar-refractivity contribution in [2.75, 3.05) is 5.73 Å². The van der Waals surface area contributed by atoms with E-state index in [9.17, 15) is 21.4 Å². The van der Waals surface area contributed by atoms with Crippen LogP contribution in [0.15, 0.2) is 40.1 Å². The first-order valence-electron chi connectivity index (χ1n) is 4.86. The molecule has 0 aromatic heterocycles. The van der Waals surface area contributed by atoms with E-state index in [1.807, 2.05) is 0 Å². The molecule has 0 amide bonds. The summed E-state index contributed by atoms with van der Waals surface area (Å²) in [7, 11) is -9.15. The second kappa shape index (κ2) is 4.17. The molecule has 0 atom stereocenters. The van der Waals surface area contributed by atoms with Crippen LogP contribution in [0.2, 0.25) is 0 Å². The van der Waals surface area contributed by atoms with E-state index in [0.717, 1.165) is 24.3 Å². The van der Waals surface area contributed by atoms with Crippen molar-refractivity contribution in [3.05, 3.63) is 30.3 Å². The van der Waals surface area contributed by atoms with Crippen LogP contribution in [-0.2, 0) is 20.2 Å². The number of rotatable bonds is 2. The molecule has 0 unspecified atom stereocenters. The molecule has 102 valence electrons. The average Bonchev–Trinajstić information content (AvgIpc) is 2.26. The second-order valence-corrected chi connectivity index (χ2v) is 6.56. The maximum atomic E-state index is 11.1. The van der Waals surface area contributed by atoms with Gasteiger partial charge in [0.2, 0.25) is 0 Å². The van der Waals surface area contributed by atoms with Gasteiger partial charge in [-0.3, -0.25) is 4.55 Å². The minimum Gasteiger partial charge on any atom is -0.744 e. The third-order valence-electron chi connectivity index (χ3n) is 2.55. The summed E-state index contributed by atoms with van der Waals surface area (Å²) in [6, 6.07) is 5.34. The largest absolute Gasteiger partial charge is 0.744 e. The van der Waals surface area contributed by atoms with Crippen molar-refractivity contribution in [2.24, 2.45) is 0 Å². The van der Waals surface area contributed by atoms with Crippen LogP contribution in [0, 0.1) is 0 Å². The Morgan fingerprint density at radius 2 is 1.63 bits per heavy atom. The predicted molar refractivity (Wildman–Crippen MR) is 66.1 cm³/mol. The molecule has 0 heterocycles. The Balaban J connectivity index is 2.93. The smallest absolute Gasteiger partial charge is 0.294 e. The Morgan fingerprint density at radius 1 is 1.00 bits per heavy atom. The molecule has 0 aliphatic heterocycles. The molecule has 0 saturated heterocycles. The quantitative estimate of drug-likeness (QED) is 0.611. The van der Waals surface area contributed by atoms with Crippen LogP contribution in [0.5, 0.6) is 0 Å². The summed E-state index contributed by atoms with van der Waals surface area (Å²) in [6.45, 7) is 0. The maximum absolute atomic E-state index is 11.1. The summed E-state index contributed by atoms with van der Waals surface area (Å²) in [4.78, 5) is -0.939. The van der Waals surface area contributed by atoms with Crippen molar-refractivity contribution >= 4 is 36.7 Å². The molecule has 0 aliphatic rings. The van der Waals surface area contributed by atoms with Gasteiger partial charge in [0.05, 0.1) is 9.79 Å². The van der Waals surface area contributed by atoms with Gasteiger partial charge in [-0.25, -0.2) is 8.42 Å². The fourth-order valence-electron chi connectivity index (χ4n) is 1.70. The number of benzene rings is 2. The number of nitrogen functional groups attached to an aromatic ring is 1. The zero-order chi connectivity index (χ0) is 14.4. The van der Waals surface area contributed by atoms with E-state index in [0.29, 0.717) is 0 Å². The lowest BCUT2D eigenvalue weighted by Gasteiger charge is -2.12. The lowest BCUT2D eigenvalue weighted by atomic mass is 10.1. The highest BCUT2D eigenvalue weighted by Crippen LogP contribution is 2.29. The van der Waals surface area contributed by atoms with Gasteiger partial charge < -0.3 is 10.3 Å². The van der Waals surface area contributed by atoms with Crippen LogP contribution in [0.4, 0.5) is 5.69 Å². The minimum absolute atomic E-state index is 0.00222. The topological polar surface area (TPSA) is 138 Å². The first-order valence-corrected chi connectivity index (χ1v) is 7.71. The summed E-state index contributed by atoms with van der Waals surface area (Å²) in [6.07, 6.45) is 0. The lowest BCUT2D eigenvalue weighted by Crippen LogP contribution is -2.03. The van der Waals surface area contributed by atoms with Gasteiger partial charge in [0.1, 0.15) is 10.1 Å².